The Labute approximate surface area is 164 Å². The minimum Gasteiger partial charge on any atom is -0.378 e. The fourth-order valence-electron chi connectivity index (χ4n) is 3.02. The molecular weight excluding hydrogens is 356 g/mol. The summed E-state index contributed by atoms with van der Waals surface area (Å²) in [6.45, 7) is 0.584. The van der Waals surface area contributed by atoms with Crippen molar-refractivity contribution in [2.24, 2.45) is 0 Å². The van der Waals surface area contributed by atoms with Gasteiger partial charge >= 0.3 is 0 Å². The van der Waals surface area contributed by atoms with Gasteiger partial charge in [0.2, 0.25) is 11.8 Å². The van der Waals surface area contributed by atoms with E-state index >= 15 is 0 Å². The first-order chi connectivity index (χ1) is 13.4. The summed E-state index contributed by atoms with van der Waals surface area (Å²) in [4.78, 5) is 39.8. The molecule has 0 aromatic heterocycles. The van der Waals surface area contributed by atoms with E-state index in [1.807, 2.05) is 43.3 Å². The fourth-order valence-corrected chi connectivity index (χ4v) is 3.02. The molecule has 0 unspecified atom stereocenters. The van der Waals surface area contributed by atoms with Gasteiger partial charge in [0.15, 0.2) is 0 Å². The largest absolute Gasteiger partial charge is 0.378 e. The van der Waals surface area contributed by atoms with E-state index in [0.717, 1.165) is 17.8 Å². The third-order valence-electron chi connectivity index (χ3n) is 4.59. The van der Waals surface area contributed by atoms with Crippen LogP contribution in [0.3, 0.4) is 0 Å². The van der Waals surface area contributed by atoms with Crippen molar-refractivity contribution in [2.75, 3.05) is 42.3 Å². The van der Waals surface area contributed by atoms with Gasteiger partial charge in [-0.2, -0.15) is 0 Å². The molecule has 28 heavy (non-hydrogen) atoms. The van der Waals surface area contributed by atoms with Crippen LogP contribution in [0.15, 0.2) is 48.5 Å². The normalized spacial score (nSPS) is 13.4. The Morgan fingerprint density at radius 3 is 2.29 bits per heavy atom. The SMILES string of the molecule is CN(C)c1ccc(NC(=O)CNC(=O)c2ccc(N3CCCC3=O)cc2)cc1. The summed E-state index contributed by atoms with van der Waals surface area (Å²) < 4.78 is 0. The lowest BCUT2D eigenvalue weighted by atomic mass is 10.2. The molecule has 2 aromatic rings. The average Bonchev–Trinajstić information content (AvgIpc) is 3.12. The minimum atomic E-state index is -0.336. The molecule has 0 radical (unpaired) electrons. The number of carbonyl (C=O) groups excluding carboxylic acids is 3. The van der Waals surface area contributed by atoms with Crippen LogP contribution < -0.4 is 20.4 Å². The first kappa shape index (κ1) is 19.4. The summed E-state index contributed by atoms with van der Waals surface area (Å²) in [5, 5.41) is 5.36. The molecule has 0 aliphatic carbocycles. The Kier molecular flexibility index (Phi) is 5.93. The van der Waals surface area contributed by atoms with Crippen molar-refractivity contribution in [2.45, 2.75) is 12.8 Å². The molecule has 3 rings (SSSR count). The zero-order valence-electron chi connectivity index (χ0n) is 16.1. The number of anilines is 3. The minimum absolute atomic E-state index is 0.104. The molecule has 7 heteroatoms. The van der Waals surface area contributed by atoms with Crippen LogP contribution in [0.4, 0.5) is 17.1 Å². The topological polar surface area (TPSA) is 81.8 Å². The maximum Gasteiger partial charge on any atom is 0.251 e. The van der Waals surface area contributed by atoms with Crippen molar-refractivity contribution in [3.63, 3.8) is 0 Å². The second kappa shape index (κ2) is 8.56. The smallest absolute Gasteiger partial charge is 0.251 e. The van der Waals surface area contributed by atoms with Crippen molar-refractivity contribution in [1.29, 1.82) is 0 Å². The summed E-state index contributed by atoms with van der Waals surface area (Å²) in [5.41, 5.74) is 2.94. The number of hydrogen-bond acceptors (Lipinski definition) is 4. The van der Waals surface area contributed by atoms with Gasteiger partial charge in [0.25, 0.3) is 5.91 Å². The van der Waals surface area contributed by atoms with E-state index < -0.39 is 0 Å². The molecule has 0 atom stereocenters. The lowest BCUT2D eigenvalue weighted by molar-refractivity contribution is -0.117. The third kappa shape index (κ3) is 4.68. The number of carbonyl (C=O) groups is 3. The van der Waals surface area contributed by atoms with Gasteiger partial charge in [-0.25, -0.2) is 0 Å². The standard InChI is InChI=1S/C21H24N4O3/c1-24(2)17-11-7-16(8-12-17)23-19(26)14-22-21(28)15-5-9-18(10-6-15)25-13-3-4-20(25)27/h5-12H,3-4,13-14H2,1-2H3,(H,22,28)(H,23,26). The Morgan fingerprint density at radius 1 is 1.04 bits per heavy atom. The summed E-state index contributed by atoms with van der Waals surface area (Å²) >= 11 is 0. The van der Waals surface area contributed by atoms with Gasteiger partial charge in [0, 0.05) is 49.7 Å². The summed E-state index contributed by atoms with van der Waals surface area (Å²) in [7, 11) is 3.89. The lowest BCUT2D eigenvalue weighted by Crippen LogP contribution is -2.32. The molecule has 0 bridgehead atoms. The van der Waals surface area contributed by atoms with Crippen LogP contribution in [0.1, 0.15) is 23.2 Å². The molecule has 0 saturated carbocycles. The molecule has 7 nitrogen and oxygen atoms in total. The molecule has 0 spiro atoms. The molecule has 1 fully saturated rings. The molecule has 1 aliphatic heterocycles. The van der Waals surface area contributed by atoms with Crippen LogP contribution in [-0.2, 0) is 9.59 Å². The van der Waals surface area contributed by atoms with Crippen LogP contribution in [0, 0.1) is 0 Å². The van der Waals surface area contributed by atoms with Crippen molar-refractivity contribution in [1.82, 2.24) is 5.32 Å². The average molecular weight is 380 g/mol. The fraction of sp³-hybridized carbons (Fsp3) is 0.286. The quantitative estimate of drug-likeness (QED) is 0.805. The molecule has 1 heterocycles. The Hall–Kier alpha value is -3.35. The summed E-state index contributed by atoms with van der Waals surface area (Å²) in [6.07, 6.45) is 1.42. The van der Waals surface area contributed by atoms with E-state index in [0.29, 0.717) is 24.2 Å². The Morgan fingerprint density at radius 2 is 1.71 bits per heavy atom. The highest BCUT2D eigenvalue weighted by Crippen LogP contribution is 2.21. The Balaban J connectivity index is 1.50. The van der Waals surface area contributed by atoms with Gasteiger partial charge < -0.3 is 20.4 Å². The second-order valence-electron chi connectivity index (χ2n) is 6.87. The van der Waals surface area contributed by atoms with Gasteiger partial charge in [-0.1, -0.05) is 0 Å². The first-order valence-corrected chi connectivity index (χ1v) is 9.20. The predicted molar refractivity (Wildman–Crippen MR) is 110 cm³/mol. The highest BCUT2D eigenvalue weighted by atomic mass is 16.2. The molecular formula is C21H24N4O3. The van der Waals surface area contributed by atoms with Gasteiger partial charge in [0.1, 0.15) is 0 Å². The first-order valence-electron chi connectivity index (χ1n) is 9.20. The molecule has 146 valence electrons. The zero-order valence-corrected chi connectivity index (χ0v) is 16.1. The van der Waals surface area contributed by atoms with Crippen LogP contribution >= 0.6 is 0 Å². The number of nitrogens with zero attached hydrogens (tertiary/aromatic N) is 2. The van der Waals surface area contributed by atoms with Crippen LogP contribution in [0.2, 0.25) is 0 Å². The number of amides is 3. The van der Waals surface area contributed by atoms with E-state index in [1.54, 1.807) is 29.2 Å². The molecule has 3 amide bonds. The highest BCUT2D eigenvalue weighted by Gasteiger charge is 2.21. The van der Waals surface area contributed by atoms with Gasteiger partial charge in [-0.3, -0.25) is 14.4 Å². The number of benzene rings is 2. The monoisotopic (exact) mass is 380 g/mol. The van der Waals surface area contributed by atoms with Crippen molar-refractivity contribution in [3.05, 3.63) is 54.1 Å². The summed E-state index contributed by atoms with van der Waals surface area (Å²) in [6, 6.07) is 14.3. The van der Waals surface area contributed by atoms with Crippen molar-refractivity contribution < 1.29 is 14.4 Å². The summed E-state index contributed by atoms with van der Waals surface area (Å²) in [5.74, 6) is -0.532. The molecule has 1 aliphatic rings. The van der Waals surface area contributed by atoms with E-state index in [2.05, 4.69) is 10.6 Å². The maximum absolute atomic E-state index is 12.2. The molecule has 2 aromatic carbocycles. The van der Waals surface area contributed by atoms with Gasteiger partial charge in [0.05, 0.1) is 6.54 Å². The number of nitrogens with one attached hydrogen (secondary N) is 2. The van der Waals surface area contributed by atoms with Crippen LogP contribution in [-0.4, -0.2) is 44.9 Å². The van der Waals surface area contributed by atoms with E-state index in [4.69, 9.17) is 0 Å². The van der Waals surface area contributed by atoms with E-state index in [9.17, 15) is 14.4 Å². The number of rotatable bonds is 6. The zero-order chi connectivity index (χ0) is 20.1. The lowest BCUT2D eigenvalue weighted by Gasteiger charge is -2.15. The maximum atomic E-state index is 12.2. The second-order valence-corrected chi connectivity index (χ2v) is 6.87. The molecule has 1 saturated heterocycles. The highest BCUT2D eigenvalue weighted by molar-refractivity contribution is 6.00. The Bertz CT molecular complexity index is 860. The van der Waals surface area contributed by atoms with E-state index in [-0.39, 0.29) is 24.3 Å². The van der Waals surface area contributed by atoms with Crippen LogP contribution in [0.5, 0.6) is 0 Å². The number of hydrogen-bond donors (Lipinski definition) is 2. The van der Waals surface area contributed by atoms with Gasteiger partial charge in [-0.05, 0) is 55.0 Å². The van der Waals surface area contributed by atoms with Crippen molar-refractivity contribution >= 4 is 34.8 Å². The van der Waals surface area contributed by atoms with Gasteiger partial charge in [-0.15, -0.1) is 0 Å². The third-order valence-corrected chi connectivity index (χ3v) is 4.59. The van der Waals surface area contributed by atoms with Crippen LogP contribution in [0.25, 0.3) is 0 Å². The predicted octanol–water partition coefficient (Wildman–Crippen LogP) is 2.25. The van der Waals surface area contributed by atoms with E-state index in [1.165, 1.54) is 0 Å². The van der Waals surface area contributed by atoms with Crippen molar-refractivity contribution in [3.8, 4) is 0 Å². The molecule has 2 N–H and O–H groups in total.